The van der Waals surface area contributed by atoms with E-state index in [2.05, 4.69) is 13.0 Å². The SMILES string of the molecule is CCCCCCCCC(C#N)CP(Oc1ccccc1)Oc1ccccc1. The Bertz CT molecular complexity index is 616. The number of benzene rings is 2. The van der Waals surface area contributed by atoms with E-state index in [9.17, 15) is 5.26 Å². The molecule has 144 valence electrons. The first kappa shape index (κ1) is 21.3. The highest BCUT2D eigenvalue weighted by molar-refractivity contribution is 7.48. The number of para-hydroxylation sites is 2. The van der Waals surface area contributed by atoms with Crippen LogP contribution in [0.4, 0.5) is 0 Å². The van der Waals surface area contributed by atoms with E-state index in [1.165, 1.54) is 32.1 Å². The van der Waals surface area contributed by atoms with Crippen LogP contribution in [0.2, 0.25) is 0 Å². The summed E-state index contributed by atoms with van der Waals surface area (Å²) < 4.78 is 12.2. The monoisotopic (exact) mass is 383 g/mol. The molecule has 0 heterocycles. The molecule has 2 aromatic carbocycles. The van der Waals surface area contributed by atoms with Crippen molar-refractivity contribution in [3.8, 4) is 17.6 Å². The van der Waals surface area contributed by atoms with Crippen molar-refractivity contribution in [2.75, 3.05) is 6.16 Å². The number of nitriles is 1. The molecular formula is C23H30NO2P. The molecule has 27 heavy (non-hydrogen) atoms. The summed E-state index contributed by atoms with van der Waals surface area (Å²) in [5, 5.41) is 9.60. The Kier molecular flexibility index (Phi) is 10.4. The number of rotatable bonds is 13. The fourth-order valence-electron chi connectivity index (χ4n) is 2.84. The zero-order chi connectivity index (χ0) is 19.2. The summed E-state index contributed by atoms with van der Waals surface area (Å²) in [6.07, 6.45) is 8.98. The van der Waals surface area contributed by atoms with Crippen LogP contribution in [0.5, 0.6) is 11.5 Å². The van der Waals surface area contributed by atoms with E-state index in [1.54, 1.807) is 0 Å². The van der Waals surface area contributed by atoms with Gasteiger partial charge in [-0.25, -0.2) is 0 Å². The van der Waals surface area contributed by atoms with Gasteiger partial charge in [-0.05, 0) is 30.7 Å². The van der Waals surface area contributed by atoms with Crippen molar-refractivity contribution in [3.63, 3.8) is 0 Å². The highest BCUT2D eigenvalue weighted by atomic mass is 31.2. The van der Waals surface area contributed by atoms with E-state index in [0.717, 1.165) is 24.3 Å². The molecule has 0 fully saturated rings. The minimum Gasteiger partial charge on any atom is -0.439 e. The second-order valence-corrected chi connectivity index (χ2v) is 8.10. The Morgan fingerprint density at radius 2 is 1.33 bits per heavy atom. The molecule has 2 rings (SSSR count). The fraction of sp³-hybridized carbons (Fsp3) is 0.435. The minimum absolute atomic E-state index is 0.0327. The minimum atomic E-state index is -1.21. The van der Waals surface area contributed by atoms with E-state index < -0.39 is 8.38 Å². The molecule has 2 aromatic rings. The van der Waals surface area contributed by atoms with Crippen LogP contribution in [0, 0.1) is 17.2 Å². The molecule has 0 aliphatic carbocycles. The van der Waals surface area contributed by atoms with E-state index in [0.29, 0.717) is 6.16 Å². The van der Waals surface area contributed by atoms with Crippen LogP contribution in [0.3, 0.4) is 0 Å². The quantitative estimate of drug-likeness (QED) is 0.268. The van der Waals surface area contributed by atoms with Crippen molar-refractivity contribution in [2.24, 2.45) is 5.92 Å². The normalized spacial score (nSPS) is 11.7. The van der Waals surface area contributed by atoms with Gasteiger partial charge in [0.1, 0.15) is 11.5 Å². The van der Waals surface area contributed by atoms with Crippen LogP contribution in [-0.2, 0) is 0 Å². The van der Waals surface area contributed by atoms with Gasteiger partial charge in [0.15, 0.2) is 0 Å². The van der Waals surface area contributed by atoms with Crippen LogP contribution in [0.15, 0.2) is 60.7 Å². The Hall–Kier alpha value is -2.04. The van der Waals surface area contributed by atoms with Gasteiger partial charge in [0.2, 0.25) is 0 Å². The maximum absolute atomic E-state index is 9.60. The van der Waals surface area contributed by atoms with E-state index in [4.69, 9.17) is 9.05 Å². The standard InChI is InChI=1S/C23H30NO2P/c1-2-3-4-5-6-9-14-21(19-24)20-27(25-22-15-10-7-11-16-22)26-23-17-12-8-13-18-23/h7-8,10-13,15-18,21H,2-6,9,14,20H2,1H3. The van der Waals surface area contributed by atoms with Gasteiger partial charge in [0.25, 0.3) is 8.38 Å². The molecule has 0 amide bonds. The van der Waals surface area contributed by atoms with Gasteiger partial charge < -0.3 is 9.05 Å². The van der Waals surface area contributed by atoms with E-state index in [1.807, 2.05) is 60.7 Å². The molecule has 0 N–H and O–H groups in total. The van der Waals surface area contributed by atoms with Crippen molar-refractivity contribution in [2.45, 2.75) is 51.9 Å². The third-order valence-corrected chi connectivity index (χ3v) is 5.93. The first-order valence-electron chi connectivity index (χ1n) is 9.95. The Morgan fingerprint density at radius 3 is 1.85 bits per heavy atom. The Morgan fingerprint density at radius 1 is 0.815 bits per heavy atom. The van der Waals surface area contributed by atoms with Gasteiger partial charge in [-0.1, -0.05) is 81.8 Å². The molecule has 0 aromatic heterocycles. The molecule has 0 radical (unpaired) electrons. The van der Waals surface area contributed by atoms with Crippen LogP contribution in [0.25, 0.3) is 0 Å². The van der Waals surface area contributed by atoms with Gasteiger partial charge in [0.05, 0.1) is 18.1 Å². The highest BCUT2D eigenvalue weighted by Crippen LogP contribution is 2.42. The molecule has 0 saturated carbocycles. The zero-order valence-electron chi connectivity index (χ0n) is 16.2. The zero-order valence-corrected chi connectivity index (χ0v) is 17.1. The van der Waals surface area contributed by atoms with Gasteiger partial charge >= 0.3 is 0 Å². The molecule has 0 saturated heterocycles. The summed E-state index contributed by atoms with van der Waals surface area (Å²) in [5.41, 5.74) is 0. The average molecular weight is 383 g/mol. The lowest BCUT2D eigenvalue weighted by atomic mass is 10.0. The molecule has 0 aliphatic rings. The average Bonchev–Trinajstić information content (AvgIpc) is 2.71. The predicted molar refractivity (Wildman–Crippen MR) is 113 cm³/mol. The lowest BCUT2D eigenvalue weighted by Gasteiger charge is -2.21. The summed E-state index contributed by atoms with van der Waals surface area (Å²) in [6, 6.07) is 21.9. The second-order valence-electron chi connectivity index (χ2n) is 6.71. The van der Waals surface area contributed by atoms with Crippen molar-refractivity contribution in [3.05, 3.63) is 60.7 Å². The summed E-state index contributed by atoms with van der Waals surface area (Å²) in [6.45, 7) is 2.23. The predicted octanol–water partition coefficient (Wildman–Crippen LogP) is 7.35. The Balaban J connectivity index is 1.89. The van der Waals surface area contributed by atoms with Gasteiger partial charge in [-0.2, -0.15) is 5.26 Å². The maximum atomic E-state index is 9.60. The summed E-state index contributed by atoms with van der Waals surface area (Å²) in [4.78, 5) is 0. The second kappa shape index (κ2) is 13.2. The fourth-order valence-corrected chi connectivity index (χ4v) is 4.36. The van der Waals surface area contributed by atoms with E-state index >= 15 is 0 Å². The lowest BCUT2D eigenvalue weighted by Crippen LogP contribution is -2.09. The van der Waals surface area contributed by atoms with Crippen molar-refractivity contribution >= 4 is 8.38 Å². The summed E-state index contributed by atoms with van der Waals surface area (Å²) in [7, 11) is -1.21. The first-order valence-corrected chi connectivity index (χ1v) is 11.3. The van der Waals surface area contributed by atoms with E-state index in [-0.39, 0.29) is 5.92 Å². The van der Waals surface area contributed by atoms with Crippen LogP contribution >= 0.6 is 8.38 Å². The molecule has 3 nitrogen and oxygen atoms in total. The molecular weight excluding hydrogens is 353 g/mol. The topological polar surface area (TPSA) is 42.2 Å². The number of nitrogens with zero attached hydrogens (tertiary/aromatic N) is 1. The van der Waals surface area contributed by atoms with Crippen LogP contribution in [0.1, 0.15) is 51.9 Å². The molecule has 1 unspecified atom stereocenters. The van der Waals surface area contributed by atoms with Crippen molar-refractivity contribution in [1.29, 1.82) is 5.26 Å². The van der Waals surface area contributed by atoms with Gasteiger partial charge in [-0.3, -0.25) is 0 Å². The van der Waals surface area contributed by atoms with Gasteiger partial charge in [0, 0.05) is 0 Å². The number of unbranched alkanes of at least 4 members (excludes halogenated alkanes) is 5. The highest BCUT2D eigenvalue weighted by Gasteiger charge is 2.21. The maximum Gasteiger partial charge on any atom is 0.291 e. The summed E-state index contributed by atoms with van der Waals surface area (Å²) in [5.74, 6) is 1.54. The molecule has 0 aliphatic heterocycles. The summed E-state index contributed by atoms with van der Waals surface area (Å²) >= 11 is 0. The molecule has 0 spiro atoms. The number of hydrogen-bond donors (Lipinski definition) is 0. The van der Waals surface area contributed by atoms with Crippen LogP contribution in [-0.4, -0.2) is 6.16 Å². The third-order valence-electron chi connectivity index (χ3n) is 4.36. The third kappa shape index (κ3) is 8.94. The number of hydrogen-bond acceptors (Lipinski definition) is 3. The molecule has 4 heteroatoms. The van der Waals surface area contributed by atoms with Crippen molar-refractivity contribution in [1.82, 2.24) is 0 Å². The van der Waals surface area contributed by atoms with Gasteiger partial charge in [-0.15, -0.1) is 0 Å². The molecule has 0 bridgehead atoms. The first-order chi connectivity index (χ1) is 13.3. The van der Waals surface area contributed by atoms with Crippen LogP contribution < -0.4 is 9.05 Å². The largest absolute Gasteiger partial charge is 0.439 e. The Labute approximate surface area is 165 Å². The lowest BCUT2D eigenvalue weighted by molar-refractivity contribution is 0.472. The molecule has 1 atom stereocenters. The smallest absolute Gasteiger partial charge is 0.291 e. The van der Waals surface area contributed by atoms with Crippen molar-refractivity contribution < 1.29 is 9.05 Å².